The third-order valence-electron chi connectivity index (χ3n) is 27.9. The Balaban J connectivity index is 1.02. The van der Waals surface area contributed by atoms with E-state index in [1.54, 1.807) is 0 Å². The van der Waals surface area contributed by atoms with Gasteiger partial charge in [0.25, 0.3) is 6.71 Å². The lowest BCUT2D eigenvalue weighted by Crippen LogP contribution is -2.61. The van der Waals surface area contributed by atoms with Crippen LogP contribution >= 0.6 is 0 Å². The number of nitrogens with zero attached hydrogens (tertiary/aromatic N) is 4. The molecule has 4 aromatic heterocycles. The molecule has 5 heteroatoms. The van der Waals surface area contributed by atoms with Crippen molar-refractivity contribution in [3.8, 4) is 33.4 Å². The summed E-state index contributed by atoms with van der Waals surface area (Å²) in [5, 5.41) is 19.1. The van der Waals surface area contributed by atoms with Crippen molar-refractivity contribution in [2.45, 2.75) is 157 Å². The van der Waals surface area contributed by atoms with Gasteiger partial charge in [0.2, 0.25) is 0 Å². The molecule has 20 aromatic rings. The van der Waals surface area contributed by atoms with Crippen molar-refractivity contribution in [2.24, 2.45) is 0 Å². The second-order valence-electron chi connectivity index (χ2n) is 42.1. The standard InChI is InChI=1S/C120H107BN4/c1-115(2,3)76-57-72(58-77(65-76)116(4,5)6)73-63-110-112-111(64-73)123(103-54-32-28-38-83(103)75-61-80(119(13,14)15)67-81(62-75)120(16,17)18)109-71-107-99(91-46-26-22-42-87(91)85-40-20-24-44-89(85)95-50-36-52-97-93-48-30-34-56-105(93)125(107)114(95)97)69-101(109)121(112)100-68-98-90-45-25-21-41-86(90)84-39-19-23-43-88(84)94-49-35-51-96-92-47-29-33-55-104(92)124(113(94)96)106(98)70-108(100)122(110)102-53-31-27-37-82(102)74-59-78(117(7,8)9)66-79(60-74)118(10,11)12/h19-71H,1-18H3. The van der Waals surface area contributed by atoms with Gasteiger partial charge in [0.1, 0.15) is 0 Å². The van der Waals surface area contributed by atoms with Crippen LogP contribution in [0.3, 0.4) is 0 Å². The Morgan fingerprint density at radius 3 is 0.752 bits per heavy atom. The second kappa shape index (κ2) is 27.6. The lowest BCUT2D eigenvalue weighted by Gasteiger charge is -2.45. The Bertz CT molecular complexity index is 7590. The smallest absolute Gasteiger partial charge is 0.252 e. The van der Waals surface area contributed by atoms with Gasteiger partial charge in [-0.15, -0.1) is 0 Å². The molecule has 0 saturated heterocycles. The molecular weight excluding hydrogens is 1510 g/mol. The highest BCUT2D eigenvalue weighted by atomic mass is 15.2. The molecule has 0 spiro atoms. The third-order valence-corrected chi connectivity index (χ3v) is 27.9. The zero-order chi connectivity index (χ0) is 86.2. The molecule has 0 radical (unpaired) electrons. The third kappa shape index (κ3) is 12.3. The van der Waals surface area contributed by atoms with Gasteiger partial charge < -0.3 is 18.6 Å². The predicted octanol–water partition coefficient (Wildman–Crippen LogP) is 31.7. The molecule has 610 valence electrons. The molecule has 6 heterocycles. The highest BCUT2D eigenvalue weighted by Crippen LogP contribution is 2.54. The molecule has 2 aliphatic heterocycles. The van der Waals surface area contributed by atoms with E-state index in [9.17, 15) is 0 Å². The van der Waals surface area contributed by atoms with E-state index in [4.69, 9.17) is 0 Å². The second-order valence-corrected chi connectivity index (χ2v) is 42.1. The number of hydrogen-bond acceptors (Lipinski definition) is 2. The van der Waals surface area contributed by atoms with Crippen LogP contribution in [0.2, 0.25) is 0 Å². The van der Waals surface area contributed by atoms with Gasteiger partial charge in [-0.3, -0.25) is 0 Å². The maximum atomic E-state index is 2.77. The lowest BCUT2D eigenvalue weighted by atomic mass is 9.33. The summed E-state index contributed by atoms with van der Waals surface area (Å²) in [7, 11) is 0. The molecule has 2 aliphatic rings. The number of aromatic nitrogens is 2. The summed E-state index contributed by atoms with van der Waals surface area (Å²) >= 11 is 0. The minimum Gasteiger partial charge on any atom is -0.311 e. The summed E-state index contributed by atoms with van der Waals surface area (Å²) in [6.07, 6.45) is 0. The molecule has 0 amide bonds. The molecule has 16 aromatic carbocycles. The van der Waals surface area contributed by atoms with E-state index in [1.165, 1.54) is 153 Å². The van der Waals surface area contributed by atoms with Crippen LogP contribution in [-0.4, -0.2) is 15.5 Å². The van der Waals surface area contributed by atoms with Crippen molar-refractivity contribution in [1.29, 1.82) is 0 Å². The minimum absolute atomic E-state index is 0.164. The molecule has 0 atom stereocenters. The first-order valence-electron chi connectivity index (χ1n) is 45.1. The highest BCUT2D eigenvalue weighted by molar-refractivity contribution is 7.00. The Morgan fingerprint density at radius 1 is 0.184 bits per heavy atom. The maximum Gasteiger partial charge on any atom is 0.252 e. The SMILES string of the molecule is CC(C)(C)c1cc(-c2cc3c4c(c2)N(c2ccccc2-c2cc(C(C)(C)C)cc(C(C)(C)C)c2)c2cc5c(cc2B4c2cc4c6ccccc6c6ccccc6c6cccc7c8ccccc8n(c4cc2N3c2ccccc2-c2cc(C(C)(C)C)cc(C(C)(C)C)c2)c67)c2ccccc2c2ccccc2c2cccc3c4ccccc4n5c23)cc(C(C)(C)C)c1. The van der Waals surface area contributed by atoms with Crippen molar-refractivity contribution in [3.05, 3.63) is 355 Å². The van der Waals surface area contributed by atoms with E-state index >= 15 is 0 Å². The van der Waals surface area contributed by atoms with Crippen molar-refractivity contribution < 1.29 is 0 Å². The molecule has 125 heavy (non-hydrogen) atoms. The highest BCUT2D eigenvalue weighted by Gasteiger charge is 2.46. The Morgan fingerprint density at radius 2 is 0.432 bits per heavy atom. The summed E-state index contributed by atoms with van der Waals surface area (Å²) in [5.41, 5.74) is 31.1. The molecule has 0 unspecified atom stereocenters. The predicted molar refractivity (Wildman–Crippen MR) is 544 cm³/mol. The molecule has 0 fully saturated rings. The molecule has 0 bridgehead atoms. The van der Waals surface area contributed by atoms with Crippen LogP contribution in [0.15, 0.2) is 322 Å². The van der Waals surface area contributed by atoms with Crippen LogP contribution in [0.5, 0.6) is 0 Å². The van der Waals surface area contributed by atoms with E-state index in [1.807, 2.05) is 0 Å². The fourth-order valence-corrected chi connectivity index (χ4v) is 21.1. The average Bonchev–Trinajstić information content (AvgIpc) is 1.58. The number of rotatable bonds is 5. The van der Waals surface area contributed by atoms with Gasteiger partial charge in [-0.25, -0.2) is 0 Å². The van der Waals surface area contributed by atoms with Crippen LogP contribution in [-0.2, 0) is 32.5 Å². The van der Waals surface area contributed by atoms with Crippen molar-refractivity contribution in [1.82, 2.24) is 8.80 Å². The van der Waals surface area contributed by atoms with E-state index in [0.717, 1.165) is 83.7 Å². The van der Waals surface area contributed by atoms with Crippen molar-refractivity contribution in [2.75, 3.05) is 9.80 Å². The number of fused-ring (bicyclic) bond motifs is 24. The fraction of sp³-hybridized carbons (Fsp3) is 0.200. The van der Waals surface area contributed by atoms with Crippen LogP contribution in [0, 0.1) is 0 Å². The van der Waals surface area contributed by atoms with Gasteiger partial charge >= 0.3 is 0 Å². The largest absolute Gasteiger partial charge is 0.311 e. The molecule has 4 nitrogen and oxygen atoms in total. The van der Waals surface area contributed by atoms with Crippen LogP contribution < -0.4 is 26.2 Å². The number of benzene rings is 16. The topological polar surface area (TPSA) is 15.3 Å². The molecule has 0 saturated carbocycles. The van der Waals surface area contributed by atoms with E-state index in [-0.39, 0.29) is 32.5 Å². The molecule has 0 N–H and O–H groups in total. The maximum absolute atomic E-state index is 2.77. The first-order chi connectivity index (χ1) is 59.8. The van der Waals surface area contributed by atoms with Crippen LogP contribution in [0.25, 0.3) is 153 Å². The van der Waals surface area contributed by atoms with Crippen molar-refractivity contribution >= 4 is 177 Å². The summed E-state index contributed by atoms with van der Waals surface area (Å²) in [6.45, 7) is 42.4. The van der Waals surface area contributed by atoms with E-state index in [0.29, 0.717) is 0 Å². The Kier molecular flexibility index (Phi) is 17.2. The van der Waals surface area contributed by atoms with Gasteiger partial charge in [0.15, 0.2) is 0 Å². The Hall–Kier alpha value is -13.2. The van der Waals surface area contributed by atoms with Gasteiger partial charge in [-0.1, -0.05) is 398 Å². The van der Waals surface area contributed by atoms with Gasteiger partial charge in [-0.2, -0.15) is 0 Å². The molecule has 0 aliphatic carbocycles. The monoisotopic (exact) mass is 1610 g/mol. The zero-order valence-electron chi connectivity index (χ0n) is 75.5. The fourth-order valence-electron chi connectivity index (χ4n) is 21.1. The number of para-hydroxylation sites is 6. The van der Waals surface area contributed by atoms with E-state index in [2.05, 4.69) is 465 Å². The summed E-state index contributed by atoms with van der Waals surface area (Å²) in [6, 6.07) is 127. The van der Waals surface area contributed by atoms with Crippen LogP contribution in [0.1, 0.15) is 158 Å². The Labute approximate surface area is 735 Å². The minimum atomic E-state index is -0.400. The lowest BCUT2D eigenvalue weighted by molar-refractivity contribution is 0.568. The quantitative estimate of drug-likeness (QED) is 0.160. The van der Waals surface area contributed by atoms with Gasteiger partial charge in [-0.05, 0) is 196 Å². The summed E-state index contributed by atoms with van der Waals surface area (Å²) < 4.78 is 5.33. The molecule has 22 rings (SSSR count). The number of anilines is 6. The summed E-state index contributed by atoms with van der Waals surface area (Å²) in [4.78, 5) is 5.54. The first-order valence-corrected chi connectivity index (χ1v) is 45.1. The molecular formula is C120H107BN4. The first kappa shape index (κ1) is 77.8. The average molecular weight is 1620 g/mol. The number of hydrogen-bond donors (Lipinski definition) is 0. The van der Waals surface area contributed by atoms with E-state index < -0.39 is 6.71 Å². The summed E-state index contributed by atoms with van der Waals surface area (Å²) in [5.74, 6) is 0. The van der Waals surface area contributed by atoms with Gasteiger partial charge in [0.05, 0.1) is 44.5 Å². The van der Waals surface area contributed by atoms with Crippen LogP contribution in [0.4, 0.5) is 34.1 Å². The zero-order valence-corrected chi connectivity index (χ0v) is 75.5. The van der Waals surface area contributed by atoms with Gasteiger partial charge in [0, 0.05) is 77.0 Å². The normalized spacial score (nSPS) is 13.5. The van der Waals surface area contributed by atoms with Crippen molar-refractivity contribution in [3.63, 3.8) is 0 Å².